The normalized spacial score (nSPS) is 12.8. The van der Waals surface area contributed by atoms with Crippen LogP contribution in [0.5, 0.6) is 5.75 Å². The molecule has 2 aromatic rings. The predicted octanol–water partition coefficient (Wildman–Crippen LogP) is 4.77. The summed E-state index contributed by atoms with van der Waals surface area (Å²) >= 11 is 5.68. The molecule has 0 amide bonds. The Morgan fingerprint density at radius 1 is 1.21 bits per heavy atom. The van der Waals surface area contributed by atoms with Gasteiger partial charge in [-0.15, -0.1) is 0 Å². The fourth-order valence-electron chi connectivity index (χ4n) is 1.88. The van der Waals surface area contributed by atoms with Crippen LogP contribution in [0, 0.1) is 17.1 Å². The van der Waals surface area contributed by atoms with E-state index in [0.29, 0.717) is 11.1 Å². The van der Waals surface area contributed by atoms with Crippen LogP contribution < -0.4 is 4.74 Å². The molecule has 1 aromatic carbocycles. The number of hydrogen-bond acceptors (Lipinski definition) is 3. The molecule has 0 bridgehead atoms. The van der Waals surface area contributed by atoms with Crippen molar-refractivity contribution in [2.75, 3.05) is 0 Å². The topological polar surface area (TPSA) is 45.9 Å². The summed E-state index contributed by atoms with van der Waals surface area (Å²) in [6, 6.07) is 6.97. The lowest BCUT2D eigenvalue weighted by molar-refractivity contribution is -0.253. The first-order valence-electron chi connectivity index (χ1n) is 6.39. The van der Waals surface area contributed by atoms with Crippen LogP contribution in [0.3, 0.4) is 0 Å². The lowest BCUT2D eigenvalue weighted by Crippen LogP contribution is -2.33. The van der Waals surface area contributed by atoms with E-state index in [-0.39, 0.29) is 11.3 Å². The zero-order valence-electron chi connectivity index (χ0n) is 11.7. The summed E-state index contributed by atoms with van der Waals surface area (Å²) in [6.07, 6.45) is -7.62. The number of halogens is 6. The highest BCUT2D eigenvalue weighted by atomic mass is 35.5. The van der Waals surface area contributed by atoms with Crippen molar-refractivity contribution in [3.8, 4) is 11.8 Å². The largest absolute Gasteiger partial charge is 0.461 e. The molecule has 9 heteroatoms. The van der Waals surface area contributed by atoms with Crippen molar-refractivity contribution < 1.29 is 26.7 Å². The van der Waals surface area contributed by atoms with Crippen molar-refractivity contribution in [2.24, 2.45) is 0 Å². The van der Waals surface area contributed by atoms with E-state index in [1.54, 1.807) is 0 Å². The van der Waals surface area contributed by atoms with Gasteiger partial charge in [0.1, 0.15) is 17.5 Å². The van der Waals surface area contributed by atoms with Crippen LogP contribution >= 0.6 is 11.6 Å². The fraction of sp³-hybridized carbons (Fsp3) is 0.200. The molecule has 126 valence electrons. The zero-order valence-corrected chi connectivity index (χ0v) is 12.4. The SMILES string of the molecule is N#CC(c1cc(F)cc(OC(F)(F)C(F)F)c1)c1ccc(Cl)cn1. The van der Waals surface area contributed by atoms with Gasteiger partial charge < -0.3 is 4.74 Å². The molecular formula is C15H8ClF5N2O. The first-order chi connectivity index (χ1) is 11.2. The minimum Gasteiger partial charge on any atom is -0.428 e. The molecule has 1 unspecified atom stereocenters. The van der Waals surface area contributed by atoms with Crippen LogP contribution in [0.1, 0.15) is 17.2 Å². The van der Waals surface area contributed by atoms with Crippen molar-refractivity contribution in [3.05, 3.63) is 58.6 Å². The maximum atomic E-state index is 13.6. The van der Waals surface area contributed by atoms with Crippen LogP contribution in [-0.2, 0) is 0 Å². The second-order valence-electron chi connectivity index (χ2n) is 4.65. The maximum Gasteiger partial charge on any atom is 0.461 e. The highest BCUT2D eigenvalue weighted by Crippen LogP contribution is 2.32. The van der Waals surface area contributed by atoms with E-state index in [0.717, 1.165) is 12.1 Å². The molecule has 0 aliphatic carbocycles. The average Bonchev–Trinajstić information content (AvgIpc) is 2.48. The van der Waals surface area contributed by atoms with Crippen LogP contribution in [-0.4, -0.2) is 17.5 Å². The Bertz CT molecular complexity index is 761. The third-order valence-electron chi connectivity index (χ3n) is 2.91. The molecule has 0 radical (unpaired) electrons. The first kappa shape index (κ1) is 17.9. The summed E-state index contributed by atoms with van der Waals surface area (Å²) in [7, 11) is 0. The Hall–Kier alpha value is -2.40. The van der Waals surface area contributed by atoms with E-state index in [2.05, 4.69) is 9.72 Å². The molecule has 0 saturated heterocycles. The maximum absolute atomic E-state index is 13.6. The van der Waals surface area contributed by atoms with E-state index in [9.17, 15) is 27.2 Å². The number of rotatable bonds is 5. The minimum atomic E-state index is -4.79. The lowest BCUT2D eigenvalue weighted by Gasteiger charge is -2.18. The summed E-state index contributed by atoms with van der Waals surface area (Å²) in [5.41, 5.74) is 0.103. The van der Waals surface area contributed by atoms with E-state index >= 15 is 0 Å². The number of nitriles is 1. The predicted molar refractivity (Wildman–Crippen MR) is 74.7 cm³/mol. The molecule has 0 aliphatic heterocycles. The standard InChI is InChI=1S/C15H8ClF5N2O/c16-9-1-2-13(23-7-9)12(6-22)8-3-10(17)5-11(4-8)24-15(20,21)14(18)19/h1-5,7,12,14H. The summed E-state index contributed by atoms with van der Waals surface area (Å²) in [6.45, 7) is 0. The molecule has 0 aliphatic rings. The van der Waals surface area contributed by atoms with Crippen molar-refractivity contribution in [2.45, 2.75) is 18.5 Å². The molecule has 2 rings (SSSR count). The number of nitrogens with zero attached hydrogens (tertiary/aromatic N) is 2. The van der Waals surface area contributed by atoms with Gasteiger partial charge in [0.15, 0.2) is 0 Å². The number of hydrogen-bond donors (Lipinski definition) is 0. The van der Waals surface area contributed by atoms with E-state index in [1.807, 2.05) is 6.07 Å². The lowest BCUT2D eigenvalue weighted by atomic mass is 9.96. The Kier molecular flexibility index (Phi) is 5.24. The van der Waals surface area contributed by atoms with Gasteiger partial charge in [0.2, 0.25) is 0 Å². The second-order valence-corrected chi connectivity index (χ2v) is 5.08. The Balaban J connectivity index is 2.39. The van der Waals surface area contributed by atoms with Crippen LogP contribution in [0.2, 0.25) is 5.02 Å². The average molecular weight is 363 g/mol. The summed E-state index contributed by atoms with van der Waals surface area (Å²) in [4.78, 5) is 3.90. The Morgan fingerprint density at radius 3 is 2.46 bits per heavy atom. The summed E-state index contributed by atoms with van der Waals surface area (Å²) < 4.78 is 67.8. The number of ether oxygens (including phenoxy) is 1. The second kappa shape index (κ2) is 7.01. The fourth-order valence-corrected chi connectivity index (χ4v) is 1.99. The zero-order chi connectivity index (χ0) is 17.9. The van der Waals surface area contributed by atoms with E-state index in [4.69, 9.17) is 11.6 Å². The number of alkyl halides is 4. The van der Waals surface area contributed by atoms with Crippen LogP contribution in [0.15, 0.2) is 36.5 Å². The third kappa shape index (κ3) is 4.11. The molecule has 1 aromatic heterocycles. The quantitative estimate of drug-likeness (QED) is 0.720. The van der Waals surface area contributed by atoms with Crippen LogP contribution in [0.25, 0.3) is 0 Å². The molecule has 0 N–H and O–H groups in total. The molecule has 0 fully saturated rings. The van der Waals surface area contributed by atoms with Gasteiger partial charge in [-0.05, 0) is 29.8 Å². The van der Waals surface area contributed by atoms with Crippen LogP contribution in [0.4, 0.5) is 22.0 Å². The van der Waals surface area contributed by atoms with Gasteiger partial charge in [-0.2, -0.15) is 22.8 Å². The van der Waals surface area contributed by atoms with Gasteiger partial charge in [0, 0.05) is 12.3 Å². The van der Waals surface area contributed by atoms with Crippen molar-refractivity contribution in [3.63, 3.8) is 0 Å². The minimum absolute atomic E-state index is 0.0765. The number of pyridine rings is 1. The highest BCUT2D eigenvalue weighted by molar-refractivity contribution is 6.30. The van der Waals surface area contributed by atoms with Crippen molar-refractivity contribution >= 4 is 11.6 Å². The van der Waals surface area contributed by atoms with Gasteiger partial charge in [-0.1, -0.05) is 11.6 Å². The van der Waals surface area contributed by atoms with Gasteiger partial charge in [-0.25, -0.2) is 4.39 Å². The highest BCUT2D eigenvalue weighted by Gasteiger charge is 2.44. The van der Waals surface area contributed by atoms with Gasteiger partial charge in [0.25, 0.3) is 0 Å². The van der Waals surface area contributed by atoms with Crippen molar-refractivity contribution in [1.82, 2.24) is 4.98 Å². The van der Waals surface area contributed by atoms with E-state index in [1.165, 1.54) is 18.3 Å². The molecule has 0 saturated carbocycles. The Morgan fingerprint density at radius 2 is 1.92 bits per heavy atom. The molecular weight excluding hydrogens is 355 g/mol. The third-order valence-corrected chi connectivity index (χ3v) is 3.13. The summed E-state index contributed by atoms with van der Waals surface area (Å²) in [5.74, 6) is -2.98. The molecule has 3 nitrogen and oxygen atoms in total. The Labute approximate surface area is 138 Å². The number of aromatic nitrogens is 1. The monoisotopic (exact) mass is 362 g/mol. The van der Waals surface area contributed by atoms with E-state index < -0.39 is 30.0 Å². The molecule has 1 atom stereocenters. The van der Waals surface area contributed by atoms with Gasteiger partial charge in [0.05, 0.1) is 16.8 Å². The molecule has 0 spiro atoms. The number of benzene rings is 1. The first-order valence-corrected chi connectivity index (χ1v) is 6.77. The van der Waals surface area contributed by atoms with Gasteiger partial charge in [-0.3, -0.25) is 4.98 Å². The van der Waals surface area contributed by atoms with Crippen molar-refractivity contribution in [1.29, 1.82) is 5.26 Å². The smallest absolute Gasteiger partial charge is 0.428 e. The summed E-state index contributed by atoms with van der Waals surface area (Å²) in [5, 5.41) is 9.55. The molecule has 24 heavy (non-hydrogen) atoms. The molecule has 1 heterocycles. The van der Waals surface area contributed by atoms with Gasteiger partial charge >= 0.3 is 12.5 Å².